The molecule has 0 bridgehead atoms. The SMILES string of the molecule is Cl.[2H]C1([2H])N(C(CC)C(=O)c2ccc3c(c2)OCO3)C([2H])([2H])C([2H])([2H])C1([2H])[2H]. The van der Waals surface area contributed by atoms with Crippen LogP contribution in [0.1, 0.15) is 47.4 Å². The van der Waals surface area contributed by atoms with Crippen LogP contribution in [0.25, 0.3) is 0 Å². The predicted octanol–water partition coefficient (Wildman–Crippen LogP) is 2.89. The molecule has 2 aliphatic rings. The van der Waals surface area contributed by atoms with E-state index in [1.54, 1.807) is 0 Å². The third kappa shape index (κ3) is 2.76. The Kier molecular flexibility index (Phi) is 2.48. The van der Waals surface area contributed by atoms with E-state index in [1.807, 2.05) is 0 Å². The summed E-state index contributed by atoms with van der Waals surface area (Å²) in [5, 5.41) is 0. The van der Waals surface area contributed by atoms with Gasteiger partial charge < -0.3 is 9.47 Å². The number of halogens is 1. The van der Waals surface area contributed by atoms with E-state index in [1.165, 1.54) is 25.1 Å². The van der Waals surface area contributed by atoms with Crippen molar-refractivity contribution in [2.24, 2.45) is 0 Å². The average Bonchev–Trinajstić information content (AvgIpc) is 3.07. The van der Waals surface area contributed by atoms with E-state index in [-0.39, 0.29) is 31.2 Å². The zero-order valence-electron chi connectivity index (χ0n) is 18.8. The molecule has 110 valence electrons. The molecule has 3 rings (SSSR count). The zero-order valence-corrected chi connectivity index (χ0v) is 11.6. The quantitative estimate of drug-likeness (QED) is 0.802. The molecule has 1 aromatic rings. The van der Waals surface area contributed by atoms with Crippen LogP contribution in [0, 0.1) is 0 Å². The molecule has 2 aliphatic heterocycles. The van der Waals surface area contributed by atoms with E-state index < -0.39 is 37.6 Å². The molecule has 0 N–H and O–H groups in total. The van der Waals surface area contributed by atoms with Crippen molar-refractivity contribution in [2.45, 2.75) is 32.1 Å². The maximum Gasteiger partial charge on any atom is 0.231 e. The van der Waals surface area contributed by atoms with Gasteiger partial charge in [0.05, 0.1) is 6.04 Å². The summed E-state index contributed by atoms with van der Waals surface area (Å²) in [5.74, 6) is 0.116. The molecule has 1 aromatic carbocycles. The fourth-order valence-corrected chi connectivity index (χ4v) is 2.09. The third-order valence-corrected chi connectivity index (χ3v) is 3.07. The van der Waals surface area contributed by atoms with Gasteiger partial charge in [-0.3, -0.25) is 9.69 Å². The number of fused-ring (bicyclic) bond motifs is 1. The molecule has 0 radical (unpaired) electrons. The highest BCUT2D eigenvalue weighted by molar-refractivity contribution is 6.00. The Hall–Kier alpha value is -1.26. The zero-order chi connectivity index (χ0) is 20.4. The summed E-state index contributed by atoms with van der Waals surface area (Å²) in [6.07, 6.45) is -6.39. The Morgan fingerprint density at radius 1 is 1.35 bits per heavy atom. The van der Waals surface area contributed by atoms with Gasteiger partial charge in [-0.15, -0.1) is 12.4 Å². The van der Waals surface area contributed by atoms with E-state index in [4.69, 9.17) is 20.4 Å². The van der Waals surface area contributed by atoms with Crippen molar-refractivity contribution in [3.05, 3.63) is 23.8 Å². The maximum absolute atomic E-state index is 13.0. The van der Waals surface area contributed by atoms with Crippen LogP contribution in [0.15, 0.2) is 18.2 Å². The highest BCUT2D eigenvalue weighted by Crippen LogP contribution is 2.33. The Labute approximate surface area is 136 Å². The van der Waals surface area contributed by atoms with E-state index in [2.05, 4.69) is 0 Å². The Balaban J connectivity index is 0.00000280. The van der Waals surface area contributed by atoms with Crippen LogP contribution in [0.2, 0.25) is 0 Å². The molecular weight excluding hydrogens is 278 g/mol. The number of carbonyl (C=O) groups is 1. The van der Waals surface area contributed by atoms with Crippen molar-refractivity contribution in [3.63, 3.8) is 0 Å². The minimum absolute atomic E-state index is 0. The number of hydrogen-bond donors (Lipinski definition) is 0. The lowest BCUT2D eigenvalue weighted by Gasteiger charge is -2.25. The number of Topliss-reactive ketones (excluding diaryl/α,β-unsaturated/α-hetero) is 1. The Morgan fingerprint density at radius 2 is 2.05 bits per heavy atom. The van der Waals surface area contributed by atoms with Crippen molar-refractivity contribution in [2.75, 3.05) is 19.8 Å². The first-order chi connectivity index (χ1) is 12.3. The molecule has 2 heterocycles. The Morgan fingerprint density at radius 3 is 2.75 bits per heavy atom. The molecule has 0 saturated carbocycles. The van der Waals surface area contributed by atoms with Gasteiger partial charge in [-0.1, -0.05) is 6.92 Å². The van der Waals surface area contributed by atoms with Gasteiger partial charge in [-0.05, 0) is 50.4 Å². The number of nitrogens with zero attached hydrogens (tertiary/aromatic N) is 1. The largest absolute Gasteiger partial charge is 0.454 e. The summed E-state index contributed by atoms with van der Waals surface area (Å²) in [6, 6.07) is 2.93. The van der Waals surface area contributed by atoms with Crippen LogP contribution < -0.4 is 9.47 Å². The number of likely N-dealkylation sites (tertiary alicyclic amines) is 1. The summed E-state index contributed by atoms with van der Waals surface area (Å²) in [4.78, 5) is 13.4. The second-order valence-corrected chi connectivity index (χ2v) is 4.20. The van der Waals surface area contributed by atoms with E-state index in [9.17, 15) is 4.79 Å². The van der Waals surface area contributed by atoms with E-state index in [0.717, 1.165) is 0 Å². The minimum atomic E-state index is -3.17. The third-order valence-electron chi connectivity index (χ3n) is 3.07. The normalized spacial score (nSPS) is 34.6. The number of ketones is 1. The van der Waals surface area contributed by atoms with Crippen molar-refractivity contribution in [1.29, 1.82) is 0 Å². The highest BCUT2D eigenvalue weighted by Gasteiger charge is 2.28. The van der Waals surface area contributed by atoms with Crippen molar-refractivity contribution < 1.29 is 25.2 Å². The molecule has 1 atom stereocenters. The van der Waals surface area contributed by atoms with E-state index in [0.29, 0.717) is 16.4 Å². The number of benzene rings is 1. The first-order valence-corrected chi connectivity index (χ1v) is 6.04. The fourth-order valence-electron chi connectivity index (χ4n) is 2.09. The molecule has 5 heteroatoms. The second kappa shape index (κ2) is 6.46. The van der Waals surface area contributed by atoms with Crippen LogP contribution in [0.3, 0.4) is 0 Å². The molecule has 0 aliphatic carbocycles. The van der Waals surface area contributed by atoms with Gasteiger partial charge in [0.25, 0.3) is 0 Å². The molecule has 20 heavy (non-hydrogen) atoms. The molecule has 4 nitrogen and oxygen atoms in total. The lowest BCUT2D eigenvalue weighted by molar-refractivity contribution is 0.0843. The molecule has 1 unspecified atom stereocenters. The highest BCUT2D eigenvalue weighted by atomic mass is 35.5. The first kappa shape index (κ1) is 7.66. The van der Waals surface area contributed by atoms with E-state index >= 15 is 0 Å². The maximum atomic E-state index is 13.0. The number of carbonyl (C=O) groups excluding carboxylic acids is 1. The number of ether oxygens (including phenoxy) is 2. The summed E-state index contributed by atoms with van der Waals surface area (Å²) >= 11 is 0. The minimum Gasteiger partial charge on any atom is -0.454 e. The van der Waals surface area contributed by atoms with Crippen LogP contribution in [0.5, 0.6) is 11.5 Å². The molecule has 0 aromatic heterocycles. The van der Waals surface area contributed by atoms with Crippen molar-refractivity contribution >= 4 is 18.2 Å². The topological polar surface area (TPSA) is 38.8 Å². The number of hydrogen-bond acceptors (Lipinski definition) is 4. The summed E-state index contributed by atoms with van der Waals surface area (Å²) in [5.41, 5.74) is 0.116. The first-order valence-electron chi connectivity index (χ1n) is 10.0. The van der Waals surface area contributed by atoms with Crippen molar-refractivity contribution in [3.8, 4) is 11.5 Å². The average molecular weight is 306 g/mol. The van der Waals surface area contributed by atoms with Gasteiger partial charge in [0.2, 0.25) is 6.79 Å². The fraction of sp³-hybridized carbons (Fsp3) is 0.533. The van der Waals surface area contributed by atoms with Gasteiger partial charge >= 0.3 is 0 Å². The number of rotatable bonds is 4. The van der Waals surface area contributed by atoms with Crippen LogP contribution >= 0.6 is 12.4 Å². The second-order valence-electron chi connectivity index (χ2n) is 4.20. The smallest absolute Gasteiger partial charge is 0.231 e. The van der Waals surface area contributed by atoms with Gasteiger partial charge in [-0.2, -0.15) is 0 Å². The van der Waals surface area contributed by atoms with Gasteiger partial charge in [-0.25, -0.2) is 0 Å². The summed E-state index contributed by atoms with van der Waals surface area (Å²) < 4.78 is 74.4. The van der Waals surface area contributed by atoms with Gasteiger partial charge in [0, 0.05) is 16.5 Å². The standard InChI is InChI=1S/C15H19NO3.ClH/c1-2-12(16-7-3-4-8-16)15(17)11-5-6-13-14(9-11)19-10-18-13;/h5-6,9,12H,2-4,7-8,10H2,1H3;1H/i3D2,4D2,7D2,8D2;. The predicted molar refractivity (Wildman–Crippen MR) is 79.0 cm³/mol. The molecule has 1 fully saturated rings. The lowest BCUT2D eigenvalue weighted by Crippen LogP contribution is -2.38. The summed E-state index contributed by atoms with van der Waals surface area (Å²) in [6.45, 7) is -4.56. The van der Waals surface area contributed by atoms with Gasteiger partial charge in [0.15, 0.2) is 17.3 Å². The summed E-state index contributed by atoms with van der Waals surface area (Å²) in [7, 11) is 0. The molecular formula is C15H20ClNO3. The van der Waals surface area contributed by atoms with Crippen LogP contribution in [-0.2, 0) is 0 Å². The van der Waals surface area contributed by atoms with Gasteiger partial charge in [0.1, 0.15) is 0 Å². The Bertz CT molecular complexity index is 763. The molecule has 0 spiro atoms. The monoisotopic (exact) mass is 305 g/mol. The van der Waals surface area contributed by atoms with Crippen LogP contribution in [-0.4, -0.2) is 36.5 Å². The van der Waals surface area contributed by atoms with Crippen LogP contribution in [0.4, 0.5) is 0 Å². The molecule has 0 amide bonds. The lowest BCUT2D eigenvalue weighted by atomic mass is 10.0. The molecule has 1 saturated heterocycles. The van der Waals surface area contributed by atoms with Crippen molar-refractivity contribution in [1.82, 2.24) is 4.90 Å².